The fraction of sp³-hybridized carbons (Fsp3) is 0.327. The molecule has 8 heterocycles. The van der Waals surface area contributed by atoms with E-state index in [1.165, 1.54) is 162 Å². The summed E-state index contributed by atoms with van der Waals surface area (Å²) in [4.78, 5) is 28.1. The van der Waals surface area contributed by atoms with Crippen LogP contribution in [0.1, 0.15) is 189 Å². The number of furan rings is 1. The molecule has 3 aliphatic carbocycles. The summed E-state index contributed by atoms with van der Waals surface area (Å²) >= 11 is 0. The standard InChI is InChI=1S/C22H24N.C21H22N.C20H21N2.C17H18N.C16H12NO2.C14H12NO.6Ir/c1-21(2)12-7-13-23-20(21)15-10-11-17-16-8-5-6-9-18(16)22(3,4)19(17)14-15;1-21(2)12-7-13-22-20(21)19-14-15-8-3-4-9-16(15)17-10-5-6-11-18(17)19;1-20(2)11-6-12-21-19(20)14-9-10-16-15-7-4-5-8-17(15)22(3)18(16)13-14;1-17(2)10-5-11-18-16(17)15-9-8-13-6-3-4-7-14(13)12-15;1-2-5-14-12(4-1)13-7-6-11(10-15(13)19-14)16-17-8-3-9-18-16;1-2-7-12-11(5-1)6-3-8-13(12)14-15-9-4-10-16-14;;;;;;/h5-6,8-9,11,14H,7,12-13H2,1-4H3;3-6,8-11,17-18H,7,12-13H2,1-2H3;4-5,7-8,10,13H,6,11-12H2,1-3H3;3-4,6-9H,5,10-11H2,1-2H3;1-2,4-5,7,10H,3,8-9H2;1-3,5-7H,4,9-10H2;;;;;;/q6*-1;;;;;;. The van der Waals surface area contributed by atoms with E-state index in [9.17, 15) is 0 Å². The molecule has 6 aliphatic heterocycles. The summed E-state index contributed by atoms with van der Waals surface area (Å²) < 4.78 is 19.3. The molecule has 0 saturated heterocycles. The monoisotopic (exact) mass is 2730 g/mol. The fourth-order valence-corrected chi connectivity index (χ4v) is 19.1. The maximum Gasteiger partial charge on any atom is 0.130 e. The Morgan fingerprint density at radius 2 is 0.905 bits per heavy atom. The van der Waals surface area contributed by atoms with Gasteiger partial charge in [0.25, 0.3) is 0 Å². The van der Waals surface area contributed by atoms with Crippen LogP contribution < -0.4 is 0 Å². The first kappa shape index (κ1) is 98.9. The normalized spacial score (nSPS) is 18.8. The molecule has 0 fully saturated rings. The van der Waals surface area contributed by atoms with Crippen molar-refractivity contribution in [3.8, 4) is 11.1 Å². The number of aliphatic imine (C=N–C) groups is 6. The molecule has 2 aromatic heterocycles. The third-order valence-corrected chi connectivity index (χ3v) is 25.7. The summed E-state index contributed by atoms with van der Waals surface area (Å²) in [5.74, 6) is 2.23. The van der Waals surface area contributed by atoms with Crippen LogP contribution in [0.5, 0.6) is 0 Å². The van der Waals surface area contributed by atoms with Gasteiger partial charge in [0.1, 0.15) is 17.4 Å². The summed E-state index contributed by atoms with van der Waals surface area (Å²) in [5.41, 5.74) is 24.8. The molecule has 2 unspecified atom stereocenters. The SMILES string of the molecule is CC1(C)CCCN=C1C1=[C-]c2ccccc2C2C=CC=CC12.CC1(C)CCCN=C1c1[c-]c2ccccc2cc1.CC1(C)CCCN=C1c1[c-]cc2c(c1)C(C)(C)c1ccccc1-2.Cn1c2ccccc2c2c[c-]c(C3=NCCCC3(C)C)cc21.[Ir].[Ir].[Ir].[Ir].[Ir].[Ir].[c-]1cc2c(cc1C1=NCCCO1)oc1ccccc12.[c-]1ccc2ccccc2c1C1=NCCCO1. The van der Waals surface area contributed by atoms with Gasteiger partial charge >= 0.3 is 0 Å². The quantitative estimate of drug-likeness (QED) is 0.155. The van der Waals surface area contributed by atoms with Gasteiger partial charge in [-0.2, -0.15) is 0 Å². The Bertz CT molecular complexity index is 6360. The van der Waals surface area contributed by atoms with E-state index in [2.05, 4.69) is 309 Å². The van der Waals surface area contributed by atoms with E-state index in [4.69, 9.17) is 33.9 Å². The van der Waals surface area contributed by atoms with E-state index < -0.39 is 0 Å². The van der Waals surface area contributed by atoms with Crippen LogP contribution in [0.2, 0.25) is 0 Å². The van der Waals surface area contributed by atoms with Crippen molar-refractivity contribution in [1.82, 2.24) is 4.57 Å². The Balaban J connectivity index is 0.000000146. The van der Waals surface area contributed by atoms with Crippen molar-refractivity contribution in [3.05, 3.63) is 323 Å². The van der Waals surface area contributed by atoms with Crippen LogP contribution in [0, 0.1) is 64.0 Å². The second kappa shape index (κ2) is 42.9. The molecule has 11 aromatic carbocycles. The first-order valence-corrected chi connectivity index (χ1v) is 43.5. The Hall–Kier alpha value is -7.72. The van der Waals surface area contributed by atoms with E-state index in [0.29, 0.717) is 17.7 Å². The van der Waals surface area contributed by atoms with Gasteiger partial charge in [-0.15, -0.1) is 165 Å². The number of hydrogen-bond acceptors (Lipinski definition) is 9. The summed E-state index contributed by atoms with van der Waals surface area (Å²) in [6.45, 7) is 30.1. The van der Waals surface area contributed by atoms with Gasteiger partial charge in [0, 0.05) is 172 Å². The van der Waals surface area contributed by atoms with Gasteiger partial charge in [0.05, 0.1) is 18.8 Å². The first-order valence-electron chi connectivity index (χ1n) is 43.5. The average Bonchev–Trinajstić information content (AvgIpc) is 1.58. The van der Waals surface area contributed by atoms with Gasteiger partial charge in [0.15, 0.2) is 0 Å². The zero-order valence-electron chi connectivity index (χ0n) is 73.7. The molecule has 13 aromatic rings. The summed E-state index contributed by atoms with van der Waals surface area (Å²) in [6, 6.07) is 88.9. The molecular formula is C110H109Ir6N7O3-6. The van der Waals surface area contributed by atoms with Crippen LogP contribution in [0.15, 0.2) is 271 Å². The number of rotatable bonds is 6. The van der Waals surface area contributed by atoms with Crippen LogP contribution in [0.25, 0.3) is 76.4 Å². The van der Waals surface area contributed by atoms with Crippen molar-refractivity contribution in [2.45, 2.75) is 145 Å². The molecule has 2 atom stereocenters. The van der Waals surface area contributed by atoms with Gasteiger partial charge in [-0.05, 0) is 160 Å². The van der Waals surface area contributed by atoms with Gasteiger partial charge < -0.3 is 38.4 Å². The Morgan fingerprint density at radius 1 is 0.381 bits per heavy atom. The molecule has 0 N–H and O–H groups in total. The summed E-state index contributed by atoms with van der Waals surface area (Å²) in [6.07, 6.45) is 24.3. The predicted molar refractivity (Wildman–Crippen MR) is 500 cm³/mol. The van der Waals surface area contributed by atoms with Crippen molar-refractivity contribution in [2.24, 2.45) is 64.6 Å². The van der Waals surface area contributed by atoms with E-state index in [0.717, 1.165) is 115 Å². The number of ether oxygens (including phenoxy) is 2. The minimum Gasteiger partial charge on any atom is -0.520 e. The van der Waals surface area contributed by atoms with Crippen LogP contribution in [-0.4, -0.2) is 91.7 Å². The number of allylic oxidation sites excluding steroid dienone is 5. The molecule has 22 rings (SSSR count). The van der Waals surface area contributed by atoms with Gasteiger partial charge in [0.2, 0.25) is 0 Å². The smallest absolute Gasteiger partial charge is 0.130 e. The number of fused-ring (bicyclic) bond motifs is 14. The maximum absolute atomic E-state index is 5.85. The maximum atomic E-state index is 5.85. The number of hydrogen-bond donors (Lipinski definition) is 0. The summed E-state index contributed by atoms with van der Waals surface area (Å²) in [5, 5.41) is 9.56. The molecule has 9 aliphatic rings. The minimum atomic E-state index is 0. The topological polar surface area (TPSA) is 111 Å². The zero-order valence-corrected chi connectivity index (χ0v) is 88.0. The second-order valence-electron chi connectivity index (χ2n) is 36.3. The number of aryl methyl sites for hydroxylation is 1. The van der Waals surface area contributed by atoms with E-state index in [1.54, 1.807) is 0 Å². The fourth-order valence-electron chi connectivity index (χ4n) is 19.1. The molecule has 126 heavy (non-hydrogen) atoms. The predicted octanol–water partition coefficient (Wildman–Crippen LogP) is 25.6. The Morgan fingerprint density at radius 3 is 1.56 bits per heavy atom. The molecule has 0 bridgehead atoms. The first-order chi connectivity index (χ1) is 58.2. The Labute approximate surface area is 826 Å². The van der Waals surface area contributed by atoms with Gasteiger partial charge in [-0.25, -0.2) is 0 Å². The van der Waals surface area contributed by atoms with Crippen molar-refractivity contribution in [3.63, 3.8) is 0 Å². The third-order valence-electron chi connectivity index (χ3n) is 25.7. The molecule has 0 amide bonds. The molecule has 16 heteroatoms. The molecule has 662 valence electrons. The minimum absolute atomic E-state index is 0. The van der Waals surface area contributed by atoms with Gasteiger partial charge in [-0.3, -0.25) is 9.98 Å². The van der Waals surface area contributed by atoms with Crippen LogP contribution in [0.4, 0.5) is 0 Å². The molecule has 6 radical (unpaired) electrons. The molecule has 10 nitrogen and oxygen atoms in total. The van der Waals surface area contributed by atoms with Crippen LogP contribution in [-0.2, 0) is 143 Å². The third kappa shape index (κ3) is 21.0. The number of benzene rings is 11. The van der Waals surface area contributed by atoms with E-state index in [-0.39, 0.29) is 148 Å². The van der Waals surface area contributed by atoms with Crippen molar-refractivity contribution in [2.75, 3.05) is 52.5 Å². The van der Waals surface area contributed by atoms with Crippen LogP contribution in [0.3, 0.4) is 0 Å². The number of aromatic nitrogens is 1. The number of nitrogens with zero attached hydrogens (tertiary/aromatic N) is 7. The second-order valence-corrected chi connectivity index (χ2v) is 36.3. The molecule has 0 spiro atoms. The van der Waals surface area contributed by atoms with E-state index >= 15 is 0 Å². The van der Waals surface area contributed by atoms with Crippen LogP contribution >= 0.6 is 0 Å². The summed E-state index contributed by atoms with van der Waals surface area (Å²) in [7, 11) is 2.14. The molecule has 0 saturated carbocycles. The van der Waals surface area contributed by atoms with Gasteiger partial charge in [-0.1, -0.05) is 253 Å². The van der Waals surface area contributed by atoms with Crippen molar-refractivity contribution in [1.29, 1.82) is 0 Å². The van der Waals surface area contributed by atoms with Crippen molar-refractivity contribution < 1.29 is 135 Å². The van der Waals surface area contributed by atoms with E-state index in [1.807, 2.05) is 48.5 Å². The Kier molecular flexibility index (Phi) is 33.7. The average molecular weight is 2730 g/mol. The zero-order chi connectivity index (χ0) is 82.8. The number of para-hydroxylation sites is 2. The van der Waals surface area contributed by atoms with Crippen molar-refractivity contribution >= 4 is 99.9 Å². The largest absolute Gasteiger partial charge is 0.520 e. The molecular weight excluding hydrogens is 2620 g/mol.